The van der Waals surface area contributed by atoms with Crippen molar-refractivity contribution in [3.63, 3.8) is 0 Å². The molecule has 0 saturated carbocycles. The van der Waals surface area contributed by atoms with Crippen LogP contribution in [0.3, 0.4) is 0 Å². The molecule has 0 atom stereocenters. The predicted octanol–water partition coefficient (Wildman–Crippen LogP) is 14.0. The van der Waals surface area contributed by atoms with Crippen LogP contribution in [-0.2, 0) is 0 Å². The zero-order valence-corrected chi connectivity index (χ0v) is 33.7. The van der Waals surface area contributed by atoms with E-state index in [0.717, 1.165) is 111 Å². The summed E-state index contributed by atoms with van der Waals surface area (Å²) < 4.78 is 10.5. The van der Waals surface area contributed by atoms with Gasteiger partial charge in [0.05, 0.1) is 33.5 Å². The molecule has 0 bridgehead atoms. The summed E-state index contributed by atoms with van der Waals surface area (Å²) in [6, 6.07) is 70.0. The summed E-state index contributed by atoms with van der Waals surface area (Å²) in [5.41, 5.74) is 15.7. The first-order valence-electron chi connectivity index (χ1n) is 21.0. The third kappa shape index (κ3) is 5.67. The van der Waals surface area contributed by atoms with Crippen molar-refractivity contribution in [3.05, 3.63) is 206 Å². The first-order valence-corrected chi connectivity index (χ1v) is 21.0. The van der Waals surface area contributed by atoms with E-state index in [1.54, 1.807) is 6.20 Å². The van der Waals surface area contributed by atoms with E-state index in [2.05, 4.69) is 178 Å². The fraction of sp³-hybridized carbons (Fsp3) is 0. The lowest BCUT2D eigenvalue weighted by molar-refractivity contribution is 0.667. The van der Waals surface area contributed by atoms with Crippen molar-refractivity contribution in [3.8, 4) is 56.5 Å². The van der Waals surface area contributed by atoms with Crippen LogP contribution in [0, 0.1) is 0 Å². The Hall–Kier alpha value is -8.68. The normalized spacial score (nSPS) is 11.8. The van der Waals surface area contributed by atoms with Gasteiger partial charge in [-0.25, -0.2) is 15.0 Å². The minimum absolute atomic E-state index is 0.635. The van der Waals surface area contributed by atoms with Crippen molar-refractivity contribution in [1.82, 2.24) is 29.1 Å². The fourth-order valence-corrected chi connectivity index (χ4v) is 9.28. The van der Waals surface area contributed by atoms with Crippen LogP contribution < -0.4 is 0 Å². The van der Waals surface area contributed by atoms with Crippen molar-refractivity contribution < 1.29 is 4.42 Å². The Morgan fingerprint density at radius 2 is 0.857 bits per heavy atom. The smallest absolute Gasteiger partial charge is 0.235 e. The molecule has 0 amide bonds. The second kappa shape index (κ2) is 13.9. The van der Waals surface area contributed by atoms with Gasteiger partial charge in [-0.15, -0.1) is 0 Å². The standard InChI is InChI=1S/C56H34N6O/c1-3-13-35(14-4-1)45-34-46(36-15-5-2-6-16-36)59-56(58-45)62-48-22-10-8-20-42(48)44-33-40(25-27-50(44)62)38-18-11-17-37(31-38)39-24-26-49-43(32-39)41-19-7-9-21-47(41)61(49)53-29-28-52-55(60-53)54-51(63-52)23-12-30-57-54/h1-34H. The summed E-state index contributed by atoms with van der Waals surface area (Å²) in [7, 11) is 0. The van der Waals surface area contributed by atoms with E-state index in [-0.39, 0.29) is 0 Å². The molecule has 6 heterocycles. The van der Waals surface area contributed by atoms with Crippen LogP contribution in [0.4, 0.5) is 0 Å². The number of furan rings is 1. The van der Waals surface area contributed by atoms with Gasteiger partial charge in [-0.1, -0.05) is 127 Å². The predicted molar refractivity (Wildman–Crippen MR) is 255 cm³/mol. The monoisotopic (exact) mass is 806 g/mol. The first-order chi connectivity index (χ1) is 31.2. The van der Waals surface area contributed by atoms with Crippen LogP contribution in [0.25, 0.3) is 122 Å². The number of hydrogen-bond donors (Lipinski definition) is 0. The number of benzene rings is 7. The third-order valence-corrected chi connectivity index (χ3v) is 12.2. The molecule has 0 saturated heterocycles. The fourth-order valence-electron chi connectivity index (χ4n) is 9.28. The van der Waals surface area contributed by atoms with Crippen LogP contribution in [0.1, 0.15) is 0 Å². The Bertz CT molecular complexity index is 3860. The minimum Gasteiger partial charge on any atom is -0.453 e. The molecule has 6 aromatic heterocycles. The summed E-state index contributed by atoms with van der Waals surface area (Å²) in [5.74, 6) is 1.46. The third-order valence-electron chi connectivity index (χ3n) is 12.2. The summed E-state index contributed by atoms with van der Waals surface area (Å²) in [4.78, 5) is 20.1. The van der Waals surface area contributed by atoms with E-state index in [1.165, 1.54) is 5.39 Å². The molecule has 0 N–H and O–H groups in total. The topological polar surface area (TPSA) is 74.6 Å². The van der Waals surface area contributed by atoms with Gasteiger partial charge in [0, 0.05) is 38.9 Å². The average Bonchev–Trinajstić information content (AvgIpc) is 4.01. The second-order valence-electron chi connectivity index (χ2n) is 15.9. The van der Waals surface area contributed by atoms with Gasteiger partial charge in [0.25, 0.3) is 0 Å². The van der Waals surface area contributed by atoms with E-state index in [1.807, 2.05) is 36.4 Å². The van der Waals surface area contributed by atoms with Gasteiger partial charge in [-0.05, 0) is 95.1 Å². The highest BCUT2D eigenvalue weighted by molar-refractivity contribution is 6.12. The Labute approximate surface area is 360 Å². The Balaban J connectivity index is 0.920. The lowest BCUT2D eigenvalue weighted by atomic mass is 9.97. The molecule has 294 valence electrons. The van der Waals surface area contributed by atoms with E-state index < -0.39 is 0 Å². The van der Waals surface area contributed by atoms with Crippen LogP contribution in [0.5, 0.6) is 0 Å². The highest BCUT2D eigenvalue weighted by Gasteiger charge is 2.19. The Kier molecular flexibility index (Phi) is 7.77. The summed E-state index contributed by atoms with van der Waals surface area (Å²) in [6.07, 6.45) is 1.78. The molecule has 7 heteroatoms. The molecule has 0 radical (unpaired) electrons. The van der Waals surface area contributed by atoms with Gasteiger partial charge >= 0.3 is 0 Å². The number of fused-ring (bicyclic) bond motifs is 9. The second-order valence-corrected chi connectivity index (χ2v) is 15.9. The van der Waals surface area contributed by atoms with Gasteiger partial charge in [-0.2, -0.15) is 0 Å². The summed E-state index contributed by atoms with van der Waals surface area (Å²) in [6.45, 7) is 0. The number of aromatic nitrogens is 6. The first kappa shape index (κ1) is 35.1. The maximum Gasteiger partial charge on any atom is 0.235 e. The molecule has 7 aromatic carbocycles. The molecule has 63 heavy (non-hydrogen) atoms. The zero-order valence-electron chi connectivity index (χ0n) is 33.7. The Morgan fingerprint density at radius 3 is 1.51 bits per heavy atom. The van der Waals surface area contributed by atoms with Crippen molar-refractivity contribution in [2.45, 2.75) is 0 Å². The molecule has 13 rings (SSSR count). The lowest BCUT2D eigenvalue weighted by Gasteiger charge is -2.12. The van der Waals surface area contributed by atoms with Gasteiger partial charge in [-0.3, -0.25) is 14.1 Å². The van der Waals surface area contributed by atoms with Crippen molar-refractivity contribution in [2.75, 3.05) is 0 Å². The molecule has 0 fully saturated rings. The van der Waals surface area contributed by atoms with Gasteiger partial charge in [0.2, 0.25) is 5.95 Å². The molecule has 0 aliphatic carbocycles. The molecule has 0 aliphatic rings. The molecule has 0 unspecified atom stereocenters. The Morgan fingerprint density at radius 1 is 0.333 bits per heavy atom. The largest absolute Gasteiger partial charge is 0.453 e. The van der Waals surface area contributed by atoms with E-state index in [9.17, 15) is 0 Å². The van der Waals surface area contributed by atoms with E-state index in [0.29, 0.717) is 5.95 Å². The highest BCUT2D eigenvalue weighted by Crippen LogP contribution is 2.39. The van der Waals surface area contributed by atoms with Crippen molar-refractivity contribution in [1.29, 1.82) is 0 Å². The zero-order chi connectivity index (χ0) is 41.4. The van der Waals surface area contributed by atoms with Crippen LogP contribution in [-0.4, -0.2) is 29.1 Å². The quantitative estimate of drug-likeness (QED) is 0.167. The maximum absolute atomic E-state index is 6.06. The molecule has 0 spiro atoms. The molecule has 0 aliphatic heterocycles. The lowest BCUT2D eigenvalue weighted by Crippen LogP contribution is -2.03. The number of hydrogen-bond acceptors (Lipinski definition) is 5. The minimum atomic E-state index is 0.635. The molecule has 13 aromatic rings. The van der Waals surface area contributed by atoms with Crippen molar-refractivity contribution in [2.24, 2.45) is 0 Å². The number of nitrogens with zero attached hydrogens (tertiary/aromatic N) is 6. The van der Waals surface area contributed by atoms with Gasteiger partial charge in [0.15, 0.2) is 11.2 Å². The van der Waals surface area contributed by atoms with Gasteiger partial charge < -0.3 is 4.42 Å². The van der Waals surface area contributed by atoms with Crippen LogP contribution >= 0.6 is 0 Å². The molecular formula is C56H34N6O. The number of para-hydroxylation sites is 2. The molecular weight excluding hydrogens is 773 g/mol. The van der Waals surface area contributed by atoms with Crippen LogP contribution in [0.2, 0.25) is 0 Å². The maximum atomic E-state index is 6.06. The van der Waals surface area contributed by atoms with E-state index >= 15 is 0 Å². The van der Waals surface area contributed by atoms with E-state index in [4.69, 9.17) is 19.4 Å². The number of rotatable bonds is 6. The SMILES string of the molecule is c1ccc(-c2cc(-c3ccccc3)nc(-n3c4ccccc4c4cc(-c5cccc(-c6ccc7c(c6)c6ccccc6n7-c6ccc7oc8cccnc8c7n6)c5)ccc43)n2)cc1. The van der Waals surface area contributed by atoms with Gasteiger partial charge in [0.1, 0.15) is 16.9 Å². The van der Waals surface area contributed by atoms with Crippen LogP contribution in [0.15, 0.2) is 211 Å². The summed E-state index contributed by atoms with van der Waals surface area (Å²) >= 11 is 0. The summed E-state index contributed by atoms with van der Waals surface area (Å²) in [5, 5.41) is 4.62. The van der Waals surface area contributed by atoms with Crippen molar-refractivity contribution >= 4 is 65.8 Å². The number of pyridine rings is 2. The average molecular weight is 807 g/mol. The highest BCUT2D eigenvalue weighted by atomic mass is 16.3. The molecule has 7 nitrogen and oxygen atoms in total.